The third kappa shape index (κ3) is 6.40. The maximum Gasteiger partial charge on any atom is 0.251 e. The molecule has 0 bridgehead atoms. The molecule has 1 fully saturated rings. The first-order chi connectivity index (χ1) is 13.3. The summed E-state index contributed by atoms with van der Waals surface area (Å²) in [4.78, 5) is 18.7. The number of hydrogen-bond acceptors (Lipinski definition) is 3. The number of para-hydroxylation sites is 1. The van der Waals surface area contributed by atoms with Gasteiger partial charge in [-0.2, -0.15) is 0 Å². The summed E-state index contributed by atoms with van der Waals surface area (Å²) < 4.78 is 0. The number of halogens is 1. The first-order valence-corrected chi connectivity index (χ1v) is 9.36. The van der Waals surface area contributed by atoms with E-state index in [0.29, 0.717) is 24.7 Å². The number of aliphatic imine (C=N–C) groups is 1. The molecule has 1 amide bonds. The van der Waals surface area contributed by atoms with E-state index in [1.54, 1.807) is 7.05 Å². The van der Waals surface area contributed by atoms with Crippen LogP contribution in [0.25, 0.3) is 0 Å². The molecule has 0 spiro atoms. The lowest BCUT2D eigenvalue weighted by atomic mass is 10.2. The summed E-state index contributed by atoms with van der Waals surface area (Å²) in [6.45, 7) is 3.14. The fourth-order valence-electron chi connectivity index (χ4n) is 3.19. The van der Waals surface area contributed by atoms with Crippen molar-refractivity contribution >= 4 is 41.5 Å². The Morgan fingerprint density at radius 1 is 1.04 bits per heavy atom. The molecule has 3 rings (SSSR count). The SMILES string of the molecule is CN=C(NCCNC(=O)c1ccccc1)NC1CCN(c2ccccc2)C1.I. The second-order valence-corrected chi connectivity index (χ2v) is 6.53. The van der Waals surface area contributed by atoms with Crippen molar-refractivity contribution < 1.29 is 4.79 Å². The Hall–Kier alpha value is -2.29. The highest BCUT2D eigenvalue weighted by Gasteiger charge is 2.23. The van der Waals surface area contributed by atoms with Crippen LogP contribution >= 0.6 is 24.0 Å². The van der Waals surface area contributed by atoms with Crippen LogP contribution in [0.2, 0.25) is 0 Å². The molecule has 1 aliphatic rings. The molecule has 2 aromatic carbocycles. The molecule has 150 valence electrons. The summed E-state index contributed by atoms with van der Waals surface area (Å²) >= 11 is 0. The summed E-state index contributed by atoms with van der Waals surface area (Å²) in [5.74, 6) is 0.707. The Bertz CT molecular complexity index is 754. The van der Waals surface area contributed by atoms with Gasteiger partial charge in [-0.3, -0.25) is 9.79 Å². The number of rotatable bonds is 6. The molecule has 7 heteroatoms. The summed E-state index contributed by atoms with van der Waals surface area (Å²) in [6.07, 6.45) is 1.07. The number of guanidine groups is 1. The molecule has 28 heavy (non-hydrogen) atoms. The number of carbonyl (C=O) groups is 1. The second kappa shape index (κ2) is 11.5. The minimum Gasteiger partial charge on any atom is -0.369 e. The van der Waals surface area contributed by atoms with Crippen LogP contribution in [0.3, 0.4) is 0 Å². The predicted octanol–water partition coefficient (Wildman–Crippen LogP) is 2.48. The van der Waals surface area contributed by atoms with E-state index >= 15 is 0 Å². The van der Waals surface area contributed by atoms with Gasteiger partial charge in [-0.05, 0) is 30.7 Å². The Morgan fingerprint density at radius 2 is 1.68 bits per heavy atom. The third-order valence-corrected chi connectivity index (χ3v) is 4.61. The molecule has 1 atom stereocenters. The highest BCUT2D eigenvalue weighted by molar-refractivity contribution is 14.0. The maximum absolute atomic E-state index is 12.0. The third-order valence-electron chi connectivity index (χ3n) is 4.61. The van der Waals surface area contributed by atoms with E-state index in [-0.39, 0.29) is 29.9 Å². The van der Waals surface area contributed by atoms with Crippen LogP contribution in [-0.2, 0) is 0 Å². The minimum absolute atomic E-state index is 0. The monoisotopic (exact) mass is 493 g/mol. The van der Waals surface area contributed by atoms with Gasteiger partial charge in [0.2, 0.25) is 0 Å². The van der Waals surface area contributed by atoms with E-state index in [0.717, 1.165) is 25.5 Å². The Morgan fingerprint density at radius 3 is 2.36 bits per heavy atom. The average Bonchev–Trinajstić information content (AvgIpc) is 3.20. The van der Waals surface area contributed by atoms with Crippen molar-refractivity contribution in [3.8, 4) is 0 Å². The van der Waals surface area contributed by atoms with E-state index in [4.69, 9.17) is 0 Å². The Labute approximate surface area is 183 Å². The topological polar surface area (TPSA) is 68.8 Å². The van der Waals surface area contributed by atoms with Crippen LogP contribution in [0.1, 0.15) is 16.8 Å². The first-order valence-electron chi connectivity index (χ1n) is 9.36. The van der Waals surface area contributed by atoms with Crippen molar-refractivity contribution in [2.24, 2.45) is 4.99 Å². The van der Waals surface area contributed by atoms with Gasteiger partial charge in [0.25, 0.3) is 5.91 Å². The lowest BCUT2D eigenvalue weighted by Crippen LogP contribution is -2.46. The molecule has 0 aliphatic carbocycles. The van der Waals surface area contributed by atoms with Gasteiger partial charge < -0.3 is 20.9 Å². The van der Waals surface area contributed by atoms with Gasteiger partial charge in [0.05, 0.1) is 0 Å². The molecule has 3 N–H and O–H groups in total. The number of carbonyl (C=O) groups excluding carboxylic acids is 1. The fourth-order valence-corrected chi connectivity index (χ4v) is 3.19. The number of hydrogen-bond donors (Lipinski definition) is 3. The highest BCUT2D eigenvalue weighted by atomic mass is 127. The Balaban J connectivity index is 0.00000280. The predicted molar refractivity (Wildman–Crippen MR) is 126 cm³/mol. The van der Waals surface area contributed by atoms with Crippen molar-refractivity contribution in [1.82, 2.24) is 16.0 Å². The number of amides is 1. The number of anilines is 1. The largest absolute Gasteiger partial charge is 0.369 e. The van der Waals surface area contributed by atoms with Gasteiger partial charge in [0.1, 0.15) is 0 Å². The highest BCUT2D eigenvalue weighted by Crippen LogP contribution is 2.19. The zero-order chi connectivity index (χ0) is 18.9. The van der Waals surface area contributed by atoms with E-state index < -0.39 is 0 Å². The van der Waals surface area contributed by atoms with E-state index in [9.17, 15) is 4.79 Å². The van der Waals surface area contributed by atoms with Crippen molar-refractivity contribution in [2.45, 2.75) is 12.5 Å². The van der Waals surface area contributed by atoms with Crippen LogP contribution in [0, 0.1) is 0 Å². The summed E-state index contributed by atoms with van der Waals surface area (Å²) in [5.41, 5.74) is 1.93. The number of nitrogens with zero attached hydrogens (tertiary/aromatic N) is 2. The van der Waals surface area contributed by atoms with Crippen LogP contribution in [0.15, 0.2) is 65.7 Å². The van der Waals surface area contributed by atoms with Gasteiger partial charge in [-0.15, -0.1) is 24.0 Å². The van der Waals surface area contributed by atoms with Gasteiger partial charge in [-0.25, -0.2) is 0 Å². The fraction of sp³-hybridized carbons (Fsp3) is 0.333. The van der Waals surface area contributed by atoms with Crippen LogP contribution < -0.4 is 20.9 Å². The molecule has 2 aromatic rings. The average molecular weight is 493 g/mol. The van der Waals surface area contributed by atoms with Crippen molar-refractivity contribution in [1.29, 1.82) is 0 Å². The summed E-state index contributed by atoms with van der Waals surface area (Å²) in [6, 6.07) is 20.1. The zero-order valence-corrected chi connectivity index (χ0v) is 18.4. The van der Waals surface area contributed by atoms with Gasteiger partial charge in [0.15, 0.2) is 5.96 Å². The van der Waals surface area contributed by atoms with Crippen molar-refractivity contribution in [2.75, 3.05) is 38.1 Å². The molecule has 6 nitrogen and oxygen atoms in total. The normalized spacial score (nSPS) is 16.2. The van der Waals surface area contributed by atoms with Crippen molar-refractivity contribution in [3.05, 3.63) is 66.2 Å². The lowest BCUT2D eigenvalue weighted by Gasteiger charge is -2.20. The molecule has 1 aliphatic heterocycles. The molecular formula is C21H28IN5O. The van der Waals surface area contributed by atoms with E-state index in [2.05, 4.69) is 50.1 Å². The molecular weight excluding hydrogens is 465 g/mol. The quantitative estimate of drug-likeness (QED) is 0.251. The molecule has 1 unspecified atom stereocenters. The van der Waals surface area contributed by atoms with Crippen LogP contribution in [0.5, 0.6) is 0 Å². The second-order valence-electron chi connectivity index (χ2n) is 6.53. The maximum atomic E-state index is 12.0. The minimum atomic E-state index is -0.0605. The molecule has 1 saturated heterocycles. The van der Waals surface area contributed by atoms with E-state index in [1.807, 2.05) is 36.4 Å². The van der Waals surface area contributed by atoms with Gasteiger partial charge in [-0.1, -0.05) is 36.4 Å². The standard InChI is InChI=1S/C21H27N5O.HI/c1-22-21(24-14-13-23-20(27)17-8-4-2-5-9-17)25-18-12-15-26(16-18)19-10-6-3-7-11-19;/h2-11,18H,12-16H2,1H3,(H,23,27)(H2,22,24,25);1H. The van der Waals surface area contributed by atoms with Gasteiger partial charge in [0, 0.05) is 50.5 Å². The first kappa shape index (κ1) is 22.0. The molecule has 0 radical (unpaired) electrons. The number of benzene rings is 2. The summed E-state index contributed by atoms with van der Waals surface area (Å²) in [5, 5.41) is 9.64. The van der Waals surface area contributed by atoms with Gasteiger partial charge >= 0.3 is 0 Å². The lowest BCUT2D eigenvalue weighted by molar-refractivity contribution is 0.0954. The van der Waals surface area contributed by atoms with E-state index in [1.165, 1.54) is 5.69 Å². The molecule has 0 saturated carbocycles. The smallest absolute Gasteiger partial charge is 0.251 e. The van der Waals surface area contributed by atoms with Crippen molar-refractivity contribution in [3.63, 3.8) is 0 Å². The van der Waals surface area contributed by atoms with Crippen LogP contribution in [-0.4, -0.2) is 51.1 Å². The van der Waals surface area contributed by atoms with Crippen LogP contribution in [0.4, 0.5) is 5.69 Å². The summed E-state index contributed by atoms with van der Waals surface area (Å²) in [7, 11) is 1.77. The Kier molecular flexibility index (Phi) is 9.06. The molecule has 1 heterocycles. The zero-order valence-electron chi connectivity index (χ0n) is 16.1. The molecule has 0 aromatic heterocycles. The number of nitrogens with one attached hydrogen (secondary N) is 3.